The number of aryl methyl sites for hydroxylation is 1. The molecule has 0 unspecified atom stereocenters. The number of hydrogen-bond acceptors (Lipinski definition) is 5. The average Bonchev–Trinajstić information content (AvgIpc) is 2.72. The Morgan fingerprint density at radius 1 is 1.28 bits per heavy atom. The quantitative estimate of drug-likeness (QED) is 0.393. The Labute approximate surface area is 166 Å². The largest absolute Gasteiger partial charge is 0.378 e. The zero-order chi connectivity index (χ0) is 21.1. The standard InChI is InChI=1S/C21H21FN4O3/c1-4-19-23-18-12-17(22)13(5-10-20(27)24-29)11-16(18)21(28)26(19)15-8-6-14(7-9-15)25(2)3/h5-12,29H,4H2,1-3H3,(H,24,27)/b10-5+. The van der Waals surface area contributed by atoms with Gasteiger partial charge in [0.15, 0.2) is 0 Å². The van der Waals surface area contributed by atoms with Crippen molar-refractivity contribution in [3.63, 3.8) is 0 Å². The molecule has 3 rings (SSSR count). The van der Waals surface area contributed by atoms with Crippen LogP contribution in [0.4, 0.5) is 10.1 Å². The molecule has 0 saturated heterocycles. The van der Waals surface area contributed by atoms with Gasteiger partial charge in [0.05, 0.1) is 16.6 Å². The molecule has 0 saturated carbocycles. The first kappa shape index (κ1) is 20.2. The van der Waals surface area contributed by atoms with Crippen molar-refractivity contribution in [3.05, 3.63) is 70.0 Å². The normalized spacial score (nSPS) is 11.2. The van der Waals surface area contributed by atoms with Gasteiger partial charge in [0.1, 0.15) is 11.6 Å². The lowest BCUT2D eigenvalue weighted by molar-refractivity contribution is -0.124. The summed E-state index contributed by atoms with van der Waals surface area (Å²) in [5.74, 6) is -0.911. The molecular weight excluding hydrogens is 375 g/mol. The number of halogens is 1. The van der Waals surface area contributed by atoms with E-state index in [1.165, 1.54) is 28.3 Å². The smallest absolute Gasteiger partial charge is 0.267 e. The second-order valence-corrected chi connectivity index (χ2v) is 6.63. The second-order valence-electron chi connectivity index (χ2n) is 6.63. The number of aromatic nitrogens is 2. The van der Waals surface area contributed by atoms with Gasteiger partial charge >= 0.3 is 0 Å². The van der Waals surface area contributed by atoms with Crippen molar-refractivity contribution in [2.24, 2.45) is 0 Å². The number of hydrogen-bond donors (Lipinski definition) is 2. The van der Waals surface area contributed by atoms with E-state index in [0.29, 0.717) is 17.9 Å². The third-order valence-electron chi connectivity index (χ3n) is 4.52. The number of fused-ring (bicyclic) bond motifs is 1. The van der Waals surface area contributed by atoms with Crippen molar-refractivity contribution in [2.45, 2.75) is 13.3 Å². The summed E-state index contributed by atoms with van der Waals surface area (Å²) in [6, 6.07) is 9.99. The van der Waals surface area contributed by atoms with E-state index in [1.807, 2.05) is 50.2 Å². The molecule has 0 bridgehead atoms. The van der Waals surface area contributed by atoms with Crippen molar-refractivity contribution >= 4 is 28.6 Å². The van der Waals surface area contributed by atoms with Crippen molar-refractivity contribution in [1.29, 1.82) is 0 Å². The lowest BCUT2D eigenvalue weighted by Crippen LogP contribution is -2.24. The van der Waals surface area contributed by atoms with Crippen LogP contribution in [0.3, 0.4) is 0 Å². The van der Waals surface area contributed by atoms with E-state index >= 15 is 0 Å². The monoisotopic (exact) mass is 396 g/mol. The molecule has 1 aromatic heterocycles. The molecule has 0 aliphatic heterocycles. The van der Waals surface area contributed by atoms with Crippen LogP contribution in [0.15, 0.2) is 47.3 Å². The molecule has 150 valence electrons. The first-order chi connectivity index (χ1) is 13.8. The first-order valence-corrected chi connectivity index (χ1v) is 9.00. The molecule has 2 N–H and O–H groups in total. The summed E-state index contributed by atoms with van der Waals surface area (Å²) in [4.78, 5) is 30.8. The molecule has 7 nitrogen and oxygen atoms in total. The van der Waals surface area contributed by atoms with E-state index in [9.17, 15) is 14.0 Å². The summed E-state index contributed by atoms with van der Waals surface area (Å²) < 4.78 is 15.9. The molecule has 0 aliphatic rings. The molecule has 8 heteroatoms. The number of rotatable bonds is 5. The number of carbonyl (C=O) groups is 1. The fourth-order valence-corrected chi connectivity index (χ4v) is 3.00. The highest BCUT2D eigenvalue weighted by Crippen LogP contribution is 2.20. The minimum Gasteiger partial charge on any atom is -0.378 e. The number of benzene rings is 2. The summed E-state index contributed by atoms with van der Waals surface area (Å²) in [7, 11) is 3.85. The van der Waals surface area contributed by atoms with Crippen LogP contribution in [0.2, 0.25) is 0 Å². The van der Waals surface area contributed by atoms with Crippen molar-refractivity contribution in [1.82, 2.24) is 15.0 Å². The lowest BCUT2D eigenvalue weighted by atomic mass is 10.1. The van der Waals surface area contributed by atoms with Crippen molar-refractivity contribution in [3.8, 4) is 5.69 Å². The maximum atomic E-state index is 14.4. The minimum atomic E-state index is -0.803. The van der Waals surface area contributed by atoms with Crippen LogP contribution in [0.25, 0.3) is 22.7 Å². The van der Waals surface area contributed by atoms with Crippen LogP contribution in [-0.2, 0) is 11.2 Å². The number of nitrogens with zero attached hydrogens (tertiary/aromatic N) is 3. The SMILES string of the molecule is CCc1nc2cc(F)c(/C=C/C(=O)NO)cc2c(=O)n1-c1ccc(N(C)C)cc1. The third-order valence-corrected chi connectivity index (χ3v) is 4.52. The topological polar surface area (TPSA) is 87.5 Å². The number of amides is 1. The zero-order valence-corrected chi connectivity index (χ0v) is 16.3. The lowest BCUT2D eigenvalue weighted by Gasteiger charge is -2.16. The number of anilines is 1. The van der Waals surface area contributed by atoms with Crippen LogP contribution < -0.4 is 15.9 Å². The van der Waals surface area contributed by atoms with Gasteiger partial charge in [-0.05, 0) is 36.4 Å². The minimum absolute atomic E-state index is 0.0405. The highest BCUT2D eigenvalue weighted by molar-refractivity contribution is 5.91. The Balaban J connectivity index is 2.21. The Hall–Kier alpha value is -3.52. The molecule has 29 heavy (non-hydrogen) atoms. The Morgan fingerprint density at radius 2 is 1.97 bits per heavy atom. The molecule has 0 aliphatic carbocycles. The van der Waals surface area contributed by atoms with Crippen LogP contribution in [0.1, 0.15) is 18.3 Å². The predicted octanol–water partition coefficient (Wildman–Crippen LogP) is 2.67. The van der Waals surface area contributed by atoms with Gasteiger partial charge in [-0.25, -0.2) is 14.9 Å². The van der Waals surface area contributed by atoms with Gasteiger partial charge < -0.3 is 4.90 Å². The Bertz CT molecular complexity index is 1150. The summed E-state index contributed by atoms with van der Waals surface area (Å²) in [5, 5.41) is 8.79. The van der Waals surface area contributed by atoms with E-state index in [4.69, 9.17) is 5.21 Å². The van der Waals surface area contributed by atoms with Crippen molar-refractivity contribution in [2.75, 3.05) is 19.0 Å². The van der Waals surface area contributed by atoms with Gasteiger partial charge in [0, 0.05) is 43.9 Å². The molecule has 0 spiro atoms. The van der Waals surface area contributed by atoms with Crippen LogP contribution in [-0.4, -0.2) is 34.8 Å². The highest BCUT2D eigenvalue weighted by atomic mass is 19.1. The fourth-order valence-electron chi connectivity index (χ4n) is 3.00. The summed E-state index contributed by atoms with van der Waals surface area (Å²) in [6.45, 7) is 1.87. The fraction of sp³-hybridized carbons (Fsp3) is 0.190. The molecule has 0 fully saturated rings. The van der Waals surface area contributed by atoms with Gasteiger partial charge in [0.25, 0.3) is 11.5 Å². The number of nitrogens with one attached hydrogen (secondary N) is 1. The van der Waals surface area contributed by atoms with E-state index in [2.05, 4.69) is 4.98 Å². The van der Waals surface area contributed by atoms with E-state index in [0.717, 1.165) is 11.8 Å². The van der Waals surface area contributed by atoms with Crippen LogP contribution >= 0.6 is 0 Å². The highest BCUT2D eigenvalue weighted by Gasteiger charge is 2.14. The Morgan fingerprint density at radius 3 is 2.55 bits per heavy atom. The number of carbonyl (C=O) groups excluding carboxylic acids is 1. The van der Waals surface area contributed by atoms with Gasteiger partial charge in [-0.1, -0.05) is 6.92 Å². The molecule has 1 heterocycles. The Kier molecular flexibility index (Phi) is 5.74. The van der Waals surface area contributed by atoms with E-state index in [-0.39, 0.29) is 22.0 Å². The molecule has 3 aromatic rings. The van der Waals surface area contributed by atoms with Gasteiger partial charge in [-0.15, -0.1) is 0 Å². The molecule has 0 radical (unpaired) electrons. The van der Waals surface area contributed by atoms with Crippen LogP contribution in [0.5, 0.6) is 0 Å². The van der Waals surface area contributed by atoms with Crippen LogP contribution in [0, 0.1) is 5.82 Å². The first-order valence-electron chi connectivity index (χ1n) is 9.00. The maximum Gasteiger partial charge on any atom is 0.267 e. The molecular formula is C21H21FN4O3. The van der Waals surface area contributed by atoms with Gasteiger partial charge in [0.2, 0.25) is 0 Å². The van der Waals surface area contributed by atoms with Crippen molar-refractivity contribution < 1.29 is 14.4 Å². The van der Waals surface area contributed by atoms with E-state index in [1.54, 1.807) is 0 Å². The van der Waals surface area contributed by atoms with E-state index < -0.39 is 11.7 Å². The van der Waals surface area contributed by atoms with Gasteiger partial charge in [-0.2, -0.15) is 0 Å². The third kappa shape index (κ3) is 4.02. The average molecular weight is 396 g/mol. The predicted molar refractivity (Wildman–Crippen MR) is 110 cm³/mol. The maximum absolute atomic E-state index is 14.4. The summed E-state index contributed by atoms with van der Waals surface area (Å²) in [6.07, 6.45) is 2.64. The molecule has 0 atom stereocenters. The molecule has 1 amide bonds. The second kappa shape index (κ2) is 8.24. The summed E-state index contributed by atoms with van der Waals surface area (Å²) >= 11 is 0. The molecule has 2 aromatic carbocycles. The van der Waals surface area contributed by atoms with Gasteiger partial charge in [-0.3, -0.25) is 19.4 Å². The zero-order valence-electron chi connectivity index (χ0n) is 16.3. The summed E-state index contributed by atoms with van der Waals surface area (Å²) in [5.41, 5.74) is 3.04. The number of hydroxylamine groups is 1.